The van der Waals surface area contributed by atoms with E-state index in [-0.39, 0.29) is 12.6 Å². The lowest BCUT2D eigenvalue weighted by Gasteiger charge is -2.45. The van der Waals surface area contributed by atoms with Crippen molar-refractivity contribution in [3.63, 3.8) is 0 Å². The average Bonchev–Trinajstić information content (AvgIpc) is 2.65. The van der Waals surface area contributed by atoms with Crippen LogP contribution in [-0.2, 0) is 14.3 Å². The number of likely N-dealkylation sites (tertiary alicyclic amines) is 1. The average molecular weight is 408 g/mol. The van der Waals surface area contributed by atoms with Crippen molar-refractivity contribution < 1.29 is 19.1 Å². The molecule has 29 heavy (non-hydrogen) atoms. The molecule has 2 N–H and O–H groups in total. The molecule has 1 amide bonds. The Balaban J connectivity index is 2.09. The molecule has 0 aromatic heterocycles. The Bertz CT molecular complexity index is 668. The van der Waals surface area contributed by atoms with E-state index in [1.807, 2.05) is 20.8 Å². The molecule has 1 saturated carbocycles. The quantitative estimate of drug-likeness (QED) is 0.186. The molecule has 9 heteroatoms. The predicted octanol–water partition coefficient (Wildman–Crippen LogP) is 3.60. The summed E-state index contributed by atoms with van der Waals surface area (Å²) in [5.74, 6) is 5.24. The highest BCUT2D eigenvalue weighted by molar-refractivity contribution is 5.82. The maximum Gasteiger partial charge on any atom is 0.411 e. The Labute approximate surface area is 172 Å². The van der Waals surface area contributed by atoms with E-state index >= 15 is 0 Å². The molecule has 1 saturated heterocycles. The fourth-order valence-corrected chi connectivity index (χ4v) is 4.02. The molecule has 2 fully saturated rings. The largest absolute Gasteiger partial charge is 0.464 e. The molecule has 0 aromatic carbocycles. The van der Waals surface area contributed by atoms with Gasteiger partial charge in [-0.05, 0) is 70.4 Å². The molecule has 2 rings (SSSR count). The van der Waals surface area contributed by atoms with E-state index in [9.17, 15) is 9.59 Å². The molecule has 1 aliphatic carbocycles. The highest BCUT2D eigenvalue weighted by atomic mass is 16.6. The van der Waals surface area contributed by atoms with Crippen LogP contribution in [0.15, 0.2) is 27.2 Å². The van der Waals surface area contributed by atoms with Crippen molar-refractivity contribution in [1.82, 2.24) is 4.90 Å². The second-order valence-corrected chi connectivity index (χ2v) is 8.50. The first-order chi connectivity index (χ1) is 13.7. The third-order valence-corrected chi connectivity index (χ3v) is 5.24. The number of hydrogen-bond donors (Lipinski definition) is 1. The summed E-state index contributed by atoms with van der Waals surface area (Å²) < 4.78 is 10.8. The minimum atomic E-state index is -0.610. The molecule has 0 radical (unpaired) electrons. The predicted molar refractivity (Wildman–Crippen MR) is 109 cm³/mol. The summed E-state index contributed by atoms with van der Waals surface area (Å²) in [6.45, 7) is 8.06. The van der Waals surface area contributed by atoms with E-state index in [4.69, 9.17) is 15.3 Å². The van der Waals surface area contributed by atoms with Crippen molar-refractivity contribution in [2.45, 2.75) is 71.4 Å². The van der Waals surface area contributed by atoms with Crippen LogP contribution >= 0.6 is 0 Å². The first kappa shape index (κ1) is 22.8. The molecule has 0 aromatic rings. The lowest BCUT2D eigenvalue weighted by Crippen LogP contribution is -2.55. The van der Waals surface area contributed by atoms with Crippen LogP contribution in [0, 0.1) is 11.8 Å². The van der Waals surface area contributed by atoms with E-state index in [0.717, 1.165) is 19.3 Å². The smallest absolute Gasteiger partial charge is 0.411 e. The molecular formula is C20H33N5O4. The molecule has 0 unspecified atom stereocenters. The number of nitrogens with zero attached hydrogens (tertiary/aromatic N) is 4. The minimum Gasteiger partial charge on any atom is -0.464 e. The third-order valence-electron chi connectivity index (χ3n) is 5.24. The van der Waals surface area contributed by atoms with Gasteiger partial charge in [0.15, 0.2) is 0 Å². The summed E-state index contributed by atoms with van der Waals surface area (Å²) >= 11 is 0. The first-order valence-electron chi connectivity index (χ1n) is 10.2. The second-order valence-electron chi connectivity index (χ2n) is 8.50. The number of fused-ring (bicyclic) bond motifs is 1. The van der Waals surface area contributed by atoms with Gasteiger partial charge < -0.3 is 15.3 Å². The van der Waals surface area contributed by atoms with Crippen LogP contribution in [-0.4, -0.2) is 48.0 Å². The van der Waals surface area contributed by atoms with Crippen molar-refractivity contribution in [3.05, 3.63) is 11.6 Å². The van der Waals surface area contributed by atoms with Crippen LogP contribution in [0.5, 0.6) is 0 Å². The highest BCUT2D eigenvalue weighted by Crippen LogP contribution is 2.41. The van der Waals surface area contributed by atoms with Gasteiger partial charge in [0.2, 0.25) is 0 Å². The number of allylic oxidation sites excluding steroid dienone is 2. The van der Waals surface area contributed by atoms with Crippen LogP contribution in [0.4, 0.5) is 4.79 Å². The van der Waals surface area contributed by atoms with Gasteiger partial charge in [-0.1, -0.05) is 16.9 Å². The maximum atomic E-state index is 12.7. The zero-order chi connectivity index (χ0) is 21.4. The molecule has 0 bridgehead atoms. The number of amides is 1. The summed E-state index contributed by atoms with van der Waals surface area (Å²) in [6.07, 6.45) is 7.47. The zero-order valence-corrected chi connectivity index (χ0v) is 17.8. The van der Waals surface area contributed by atoms with E-state index in [1.165, 1.54) is 5.57 Å². The van der Waals surface area contributed by atoms with Crippen LogP contribution in [0.1, 0.15) is 59.8 Å². The number of hydrogen-bond acceptors (Lipinski definition) is 6. The molecule has 2 aliphatic rings. The van der Waals surface area contributed by atoms with Gasteiger partial charge in [0.25, 0.3) is 0 Å². The Kier molecular flexibility index (Phi) is 8.16. The van der Waals surface area contributed by atoms with Gasteiger partial charge in [-0.15, -0.1) is 5.10 Å². The highest BCUT2D eigenvalue weighted by Gasteiger charge is 2.44. The fraction of sp³-hybridized carbons (Fsp3) is 0.750. The van der Waals surface area contributed by atoms with E-state index in [2.05, 4.69) is 21.6 Å². The number of ether oxygens (including phenoxy) is 2. The van der Waals surface area contributed by atoms with E-state index in [0.29, 0.717) is 31.2 Å². The normalized spacial score (nSPS) is 26.7. The number of nitrogens with two attached hydrogens (primary N) is 1. The number of carbonyl (C=O) groups excluding carboxylic acids is 2. The van der Waals surface area contributed by atoms with Gasteiger partial charge in [0.05, 0.1) is 6.61 Å². The molecule has 1 aliphatic heterocycles. The second kappa shape index (κ2) is 10.4. The van der Waals surface area contributed by atoms with Crippen molar-refractivity contribution in [2.75, 3.05) is 13.2 Å². The monoisotopic (exact) mass is 407 g/mol. The van der Waals surface area contributed by atoms with E-state index in [1.54, 1.807) is 18.0 Å². The van der Waals surface area contributed by atoms with Crippen molar-refractivity contribution in [3.8, 4) is 0 Å². The molecule has 162 valence electrons. The van der Waals surface area contributed by atoms with Crippen molar-refractivity contribution in [2.24, 2.45) is 33.2 Å². The van der Waals surface area contributed by atoms with Gasteiger partial charge in [-0.25, -0.2) is 9.59 Å². The maximum absolute atomic E-state index is 12.7. The lowest BCUT2D eigenvalue weighted by atomic mass is 9.71. The number of carbonyl (C=O) groups is 2. The standard InChI is InChI=1S/C20H33N5O4/c1-5-28-18(26)17-12-16-11-14(7-6-10-22-24-23-21)8-9-15(16)13-25(17)19(27)29-20(2,3)4/h7,10,15-17H,5-6,8-9,11-13H2,1-4H3,(H2,21,24)/b14-7+,22-10+/t15-,16+,17-/m0/s1. The topological polar surface area (TPSA) is 119 Å². The van der Waals surface area contributed by atoms with Crippen LogP contribution in [0.2, 0.25) is 0 Å². The summed E-state index contributed by atoms with van der Waals surface area (Å²) in [5.41, 5.74) is 0.733. The van der Waals surface area contributed by atoms with E-state index < -0.39 is 17.7 Å². The third kappa shape index (κ3) is 6.83. The van der Waals surface area contributed by atoms with Gasteiger partial charge >= 0.3 is 12.1 Å². The molecule has 1 heterocycles. The number of rotatable bonds is 5. The molecule has 0 spiro atoms. The SMILES string of the molecule is CCOC(=O)[C@@H]1C[C@H]2C/C(=C/C/C=N/N=N\N)CC[C@H]2CN1C(=O)OC(C)(C)C. The molecule has 3 atom stereocenters. The van der Waals surface area contributed by atoms with Crippen LogP contribution in [0.25, 0.3) is 0 Å². The van der Waals surface area contributed by atoms with Gasteiger partial charge in [0, 0.05) is 19.2 Å². The summed E-state index contributed by atoms with van der Waals surface area (Å²) in [5, 5.41) is 10.2. The Hall–Kier alpha value is -2.45. The van der Waals surface area contributed by atoms with Crippen molar-refractivity contribution >= 4 is 18.3 Å². The first-order valence-corrected chi connectivity index (χ1v) is 10.2. The fourth-order valence-electron chi connectivity index (χ4n) is 4.02. The Morgan fingerprint density at radius 1 is 1.31 bits per heavy atom. The summed E-state index contributed by atoms with van der Waals surface area (Å²) in [6, 6.07) is -0.600. The minimum absolute atomic E-state index is 0.288. The molecular weight excluding hydrogens is 374 g/mol. The molecule has 9 nitrogen and oxygen atoms in total. The van der Waals surface area contributed by atoms with Gasteiger partial charge in [0.1, 0.15) is 11.6 Å². The van der Waals surface area contributed by atoms with Gasteiger partial charge in [-0.2, -0.15) is 0 Å². The number of piperidine rings is 1. The van der Waals surface area contributed by atoms with Crippen LogP contribution in [0.3, 0.4) is 0 Å². The Morgan fingerprint density at radius 2 is 2.07 bits per heavy atom. The van der Waals surface area contributed by atoms with Gasteiger partial charge in [-0.3, -0.25) is 4.90 Å². The lowest BCUT2D eigenvalue weighted by molar-refractivity contribution is -0.152. The van der Waals surface area contributed by atoms with Crippen molar-refractivity contribution in [1.29, 1.82) is 0 Å². The summed E-state index contributed by atoms with van der Waals surface area (Å²) in [7, 11) is 0. The Morgan fingerprint density at radius 3 is 2.72 bits per heavy atom. The zero-order valence-electron chi connectivity index (χ0n) is 17.8. The van der Waals surface area contributed by atoms with Crippen LogP contribution < -0.4 is 5.84 Å². The number of esters is 1. The summed E-state index contributed by atoms with van der Waals surface area (Å²) in [4.78, 5) is 26.9.